The summed E-state index contributed by atoms with van der Waals surface area (Å²) in [5.74, 6) is 0.200. The number of rotatable bonds is 2. The number of carbonyl (C=O) groups is 1. The van der Waals surface area contributed by atoms with Gasteiger partial charge in [0.25, 0.3) is 5.91 Å². The summed E-state index contributed by atoms with van der Waals surface area (Å²) in [6.45, 7) is 4.26. The molecule has 3 heterocycles. The van der Waals surface area contributed by atoms with E-state index in [1.807, 2.05) is 16.3 Å². The van der Waals surface area contributed by atoms with Gasteiger partial charge in [-0.1, -0.05) is 0 Å². The lowest BCUT2D eigenvalue weighted by Crippen LogP contribution is -2.48. The van der Waals surface area contributed by atoms with Crippen molar-refractivity contribution in [3.05, 3.63) is 20.8 Å². The van der Waals surface area contributed by atoms with E-state index < -0.39 is 0 Å². The summed E-state index contributed by atoms with van der Waals surface area (Å²) in [7, 11) is 0. The van der Waals surface area contributed by atoms with Gasteiger partial charge in [0.05, 0.1) is 9.35 Å². The van der Waals surface area contributed by atoms with Gasteiger partial charge in [-0.15, -0.1) is 11.3 Å². The maximum atomic E-state index is 12.5. The maximum Gasteiger partial charge on any atom is 0.254 e. The van der Waals surface area contributed by atoms with Crippen molar-refractivity contribution in [2.45, 2.75) is 31.7 Å². The number of amides is 1. The van der Waals surface area contributed by atoms with Crippen LogP contribution in [0.3, 0.4) is 0 Å². The fraction of sp³-hybridized carbons (Fsp3) is 0.643. The molecule has 104 valence electrons. The van der Waals surface area contributed by atoms with Crippen LogP contribution in [-0.4, -0.2) is 47.9 Å². The van der Waals surface area contributed by atoms with E-state index in [9.17, 15) is 4.79 Å². The van der Waals surface area contributed by atoms with Gasteiger partial charge in [-0.05, 0) is 60.8 Å². The standard InChI is InChI=1S/C14H19BrN2OS/c15-13-8-11(10-19-13)14(18)17-7-3-4-12(9-17)16-5-1-2-6-16/h8,10,12H,1-7,9H2. The highest BCUT2D eigenvalue weighted by molar-refractivity contribution is 9.11. The van der Waals surface area contributed by atoms with E-state index in [-0.39, 0.29) is 5.91 Å². The molecule has 1 aromatic rings. The number of likely N-dealkylation sites (tertiary alicyclic amines) is 2. The van der Waals surface area contributed by atoms with E-state index in [0.29, 0.717) is 6.04 Å². The highest BCUT2D eigenvalue weighted by Crippen LogP contribution is 2.25. The Balaban J connectivity index is 1.65. The van der Waals surface area contributed by atoms with E-state index >= 15 is 0 Å². The van der Waals surface area contributed by atoms with Crippen molar-refractivity contribution in [1.82, 2.24) is 9.80 Å². The fourth-order valence-electron chi connectivity index (χ4n) is 3.15. The number of hydrogen-bond donors (Lipinski definition) is 0. The number of carbonyl (C=O) groups excluding carboxylic acids is 1. The molecule has 1 atom stereocenters. The van der Waals surface area contributed by atoms with E-state index in [4.69, 9.17) is 0 Å². The van der Waals surface area contributed by atoms with Crippen LogP contribution < -0.4 is 0 Å². The monoisotopic (exact) mass is 342 g/mol. The van der Waals surface area contributed by atoms with Crippen LogP contribution in [-0.2, 0) is 0 Å². The summed E-state index contributed by atoms with van der Waals surface area (Å²) >= 11 is 5.01. The van der Waals surface area contributed by atoms with Gasteiger partial charge in [-0.2, -0.15) is 0 Å². The van der Waals surface area contributed by atoms with Crippen molar-refractivity contribution in [2.75, 3.05) is 26.2 Å². The average molecular weight is 343 g/mol. The number of halogens is 1. The summed E-state index contributed by atoms with van der Waals surface area (Å²) in [4.78, 5) is 17.1. The lowest BCUT2D eigenvalue weighted by atomic mass is 10.0. The Labute approximate surface area is 126 Å². The Morgan fingerprint density at radius 2 is 2.05 bits per heavy atom. The molecule has 0 aromatic carbocycles. The second-order valence-corrected chi connectivity index (χ2v) is 7.72. The van der Waals surface area contributed by atoms with Crippen molar-refractivity contribution >= 4 is 33.2 Å². The molecule has 5 heteroatoms. The minimum absolute atomic E-state index is 0.200. The van der Waals surface area contributed by atoms with Crippen molar-refractivity contribution in [2.24, 2.45) is 0 Å². The average Bonchev–Trinajstić information content (AvgIpc) is 3.09. The molecule has 0 spiro atoms. The third-order valence-electron chi connectivity index (χ3n) is 4.16. The topological polar surface area (TPSA) is 23.6 Å². The Morgan fingerprint density at radius 3 is 2.74 bits per heavy atom. The molecule has 0 aliphatic carbocycles. The molecule has 0 saturated carbocycles. The first kappa shape index (κ1) is 13.6. The summed E-state index contributed by atoms with van der Waals surface area (Å²) in [6, 6.07) is 2.52. The summed E-state index contributed by atoms with van der Waals surface area (Å²) < 4.78 is 1.03. The molecule has 0 radical (unpaired) electrons. The van der Waals surface area contributed by atoms with Crippen molar-refractivity contribution in [3.8, 4) is 0 Å². The molecule has 2 saturated heterocycles. The summed E-state index contributed by atoms with van der Waals surface area (Å²) in [5, 5.41) is 1.95. The molecule has 3 rings (SSSR count). The van der Waals surface area contributed by atoms with E-state index in [1.165, 1.54) is 32.4 Å². The van der Waals surface area contributed by atoms with Crippen LogP contribution in [0.5, 0.6) is 0 Å². The zero-order chi connectivity index (χ0) is 13.2. The highest BCUT2D eigenvalue weighted by Gasteiger charge is 2.29. The Hall–Kier alpha value is -0.390. The predicted octanol–water partition coefficient (Wildman–Crippen LogP) is 3.21. The van der Waals surface area contributed by atoms with Gasteiger partial charge in [-0.25, -0.2) is 0 Å². The Kier molecular flexibility index (Phi) is 4.24. The molecule has 1 amide bonds. The van der Waals surface area contributed by atoms with Crippen LogP contribution in [0.1, 0.15) is 36.0 Å². The van der Waals surface area contributed by atoms with Gasteiger partial charge in [0.2, 0.25) is 0 Å². The first-order chi connectivity index (χ1) is 9.24. The zero-order valence-corrected chi connectivity index (χ0v) is 13.4. The zero-order valence-electron chi connectivity index (χ0n) is 11.0. The smallest absolute Gasteiger partial charge is 0.254 e. The lowest BCUT2D eigenvalue weighted by molar-refractivity contribution is 0.0608. The van der Waals surface area contributed by atoms with Crippen LogP contribution in [0.4, 0.5) is 0 Å². The largest absolute Gasteiger partial charge is 0.337 e. The van der Waals surface area contributed by atoms with E-state index in [0.717, 1.165) is 28.9 Å². The van der Waals surface area contributed by atoms with Crippen LogP contribution in [0.15, 0.2) is 15.2 Å². The summed E-state index contributed by atoms with van der Waals surface area (Å²) in [6.07, 6.45) is 5.03. The molecule has 0 N–H and O–H groups in total. The van der Waals surface area contributed by atoms with Gasteiger partial charge in [0.1, 0.15) is 0 Å². The van der Waals surface area contributed by atoms with Gasteiger partial charge < -0.3 is 4.90 Å². The molecule has 2 fully saturated rings. The number of thiophene rings is 1. The first-order valence-corrected chi connectivity index (χ1v) is 8.68. The lowest BCUT2D eigenvalue weighted by Gasteiger charge is -2.37. The van der Waals surface area contributed by atoms with Crippen LogP contribution >= 0.6 is 27.3 Å². The van der Waals surface area contributed by atoms with Crippen LogP contribution in [0.2, 0.25) is 0 Å². The predicted molar refractivity (Wildman–Crippen MR) is 81.8 cm³/mol. The second kappa shape index (κ2) is 5.94. The molecule has 19 heavy (non-hydrogen) atoms. The van der Waals surface area contributed by atoms with Crippen molar-refractivity contribution in [1.29, 1.82) is 0 Å². The molecule has 3 nitrogen and oxygen atoms in total. The van der Waals surface area contributed by atoms with Gasteiger partial charge in [0.15, 0.2) is 0 Å². The molecule has 0 bridgehead atoms. The molecule has 2 aliphatic rings. The minimum atomic E-state index is 0.200. The maximum absolute atomic E-state index is 12.5. The van der Waals surface area contributed by atoms with Gasteiger partial charge in [-0.3, -0.25) is 9.69 Å². The second-order valence-electron chi connectivity index (χ2n) is 5.43. The fourth-order valence-corrected chi connectivity index (χ4v) is 4.28. The number of nitrogens with zero attached hydrogens (tertiary/aromatic N) is 2. The molecule has 1 unspecified atom stereocenters. The van der Waals surface area contributed by atoms with Crippen LogP contribution in [0.25, 0.3) is 0 Å². The summed E-state index contributed by atoms with van der Waals surface area (Å²) in [5.41, 5.74) is 0.832. The Morgan fingerprint density at radius 1 is 1.26 bits per heavy atom. The van der Waals surface area contributed by atoms with E-state index in [2.05, 4.69) is 20.8 Å². The van der Waals surface area contributed by atoms with Crippen molar-refractivity contribution in [3.63, 3.8) is 0 Å². The molecule has 1 aromatic heterocycles. The van der Waals surface area contributed by atoms with Crippen LogP contribution in [0, 0.1) is 0 Å². The SMILES string of the molecule is O=C(c1csc(Br)c1)N1CCCC(N2CCCC2)C1. The molecular formula is C14H19BrN2OS. The van der Waals surface area contributed by atoms with E-state index in [1.54, 1.807) is 11.3 Å². The number of hydrogen-bond acceptors (Lipinski definition) is 3. The third-order valence-corrected chi connectivity index (χ3v) is 5.66. The normalized spacial score (nSPS) is 24.9. The van der Waals surface area contributed by atoms with Crippen molar-refractivity contribution < 1.29 is 4.79 Å². The third kappa shape index (κ3) is 3.03. The van der Waals surface area contributed by atoms with Gasteiger partial charge >= 0.3 is 0 Å². The number of piperidine rings is 1. The molecular weight excluding hydrogens is 324 g/mol. The Bertz CT molecular complexity index is 456. The van der Waals surface area contributed by atoms with Gasteiger partial charge in [0, 0.05) is 24.5 Å². The highest BCUT2D eigenvalue weighted by atomic mass is 79.9. The minimum Gasteiger partial charge on any atom is -0.337 e. The quantitative estimate of drug-likeness (QED) is 0.823. The molecule has 2 aliphatic heterocycles. The first-order valence-electron chi connectivity index (χ1n) is 7.01.